The summed E-state index contributed by atoms with van der Waals surface area (Å²) in [6.07, 6.45) is 3.64. The van der Waals surface area contributed by atoms with E-state index in [1.165, 1.54) is 5.57 Å². The van der Waals surface area contributed by atoms with Crippen molar-refractivity contribution in [3.63, 3.8) is 0 Å². The predicted molar refractivity (Wildman–Crippen MR) is 49.1 cm³/mol. The normalized spacial score (nSPS) is 36.3. The van der Waals surface area contributed by atoms with Gasteiger partial charge < -0.3 is 9.47 Å². The summed E-state index contributed by atoms with van der Waals surface area (Å²) in [5, 5.41) is 0. The van der Waals surface area contributed by atoms with E-state index in [2.05, 4.69) is 19.9 Å². The second-order valence-corrected chi connectivity index (χ2v) is 3.60. The molecule has 0 aromatic carbocycles. The van der Waals surface area contributed by atoms with E-state index in [0.29, 0.717) is 5.92 Å². The zero-order valence-corrected chi connectivity index (χ0v) is 8.33. The van der Waals surface area contributed by atoms with Crippen LogP contribution < -0.4 is 0 Å². The molecule has 1 aliphatic carbocycles. The van der Waals surface area contributed by atoms with Crippen LogP contribution in [0.3, 0.4) is 0 Å². The number of allylic oxidation sites excluding steroid dienone is 1. The Morgan fingerprint density at radius 2 is 2.00 bits per heavy atom. The van der Waals surface area contributed by atoms with Gasteiger partial charge in [-0.15, -0.1) is 0 Å². The molecule has 0 radical (unpaired) electrons. The minimum atomic E-state index is 0.138. The molecule has 2 heteroatoms. The van der Waals surface area contributed by atoms with Crippen LogP contribution in [0, 0.1) is 5.92 Å². The lowest BCUT2D eigenvalue weighted by Crippen LogP contribution is -2.37. The molecular formula is C10H18O2. The van der Waals surface area contributed by atoms with Gasteiger partial charge in [-0.3, -0.25) is 0 Å². The quantitative estimate of drug-likeness (QED) is 0.590. The van der Waals surface area contributed by atoms with Gasteiger partial charge in [0.15, 0.2) is 0 Å². The zero-order valence-electron chi connectivity index (χ0n) is 8.33. The number of methoxy groups -OCH3 is 2. The van der Waals surface area contributed by atoms with E-state index in [4.69, 9.17) is 9.47 Å². The Hall–Kier alpha value is -0.340. The highest BCUT2D eigenvalue weighted by atomic mass is 16.5. The monoisotopic (exact) mass is 170 g/mol. The smallest absolute Gasteiger partial charge is 0.102 e. The average molecular weight is 170 g/mol. The van der Waals surface area contributed by atoms with Gasteiger partial charge in [0.2, 0.25) is 0 Å². The first-order valence-corrected chi connectivity index (χ1v) is 4.42. The fourth-order valence-corrected chi connectivity index (χ4v) is 1.96. The molecule has 0 aromatic heterocycles. The Morgan fingerprint density at radius 1 is 1.33 bits per heavy atom. The largest absolute Gasteiger partial charge is 0.378 e. The maximum atomic E-state index is 5.39. The van der Waals surface area contributed by atoms with Gasteiger partial charge in [0, 0.05) is 14.2 Å². The highest BCUT2D eigenvalue weighted by Gasteiger charge is 2.29. The summed E-state index contributed by atoms with van der Waals surface area (Å²) in [5.41, 5.74) is 1.41. The van der Waals surface area contributed by atoms with Crippen molar-refractivity contribution in [2.24, 2.45) is 5.92 Å². The molecule has 0 aliphatic heterocycles. The van der Waals surface area contributed by atoms with Gasteiger partial charge in [-0.25, -0.2) is 0 Å². The van der Waals surface area contributed by atoms with E-state index in [0.717, 1.165) is 6.42 Å². The molecular weight excluding hydrogens is 152 g/mol. The fourth-order valence-electron chi connectivity index (χ4n) is 1.96. The van der Waals surface area contributed by atoms with Gasteiger partial charge in [0.05, 0.1) is 6.10 Å². The summed E-state index contributed by atoms with van der Waals surface area (Å²) >= 11 is 0. The average Bonchev–Trinajstić information content (AvgIpc) is 2.03. The van der Waals surface area contributed by atoms with E-state index in [1.807, 2.05) is 0 Å². The molecule has 2 unspecified atom stereocenters. The van der Waals surface area contributed by atoms with E-state index in [9.17, 15) is 0 Å². The standard InChI is InChI=1S/C10H18O2/c1-7-5-8(2)10(12-4)9(6-7)11-3/h6,8-10H,5H2,1-4H3/t8-,9?,10?/m1/s1. The lowest BCUT2D eigenvalue weighted by molar-refractivity contribution is -0.0449. The Kier molecular flexibility index (Phi) is 3.29. The molecule has 0 N–H and O–H groups in total. The lowest BCUT2D eigenvalue weighted by atomic mass is 9.86. The fraction of sp³-hybridized carbons (Fsp3) is 0.800. The van der Waals surface area contributed by atoms with Crippen molar-refractivity contribution in [3.05, 3.63) is 11.6 Å². The number of hydrogen-bond donors (Lipinski definition) is 0. The molecule has 12 heavy (non-hydrogen) atoms. The van der Waals surface area contributed by atoms with Crippen molar-refractivity contribution in [2.75, 3.05) is 14.2 Å². The van der Waals surface area contributed by atoms with Gasteiger partial charge in [-0.1, -0.05) is 18.6 Å². The molecule has 0 spiro atoms. The van der Waals surface area contributed by atoms with Crippen LogP contribution in [-0.2, 0) is 9.47 Å². The third-order valence-electron chi connectivity index (χ3n) is 2.52. The van der Waals surface area contributed by atoms with Crippen LogP contribution >= 0.6 is 0 Å². The Morgan fingerprint density at radius 3 is 2.50 bits per heavy atom. The van der Waals surface area contributed by atoms with E-state index >= 15 is 0 Å². The third kappa shape index (κ3) is 1.87. The van der Waals surface area contributed by atoms with E-state index in [-0.39, 0.29) is 12.2 Å². The summed E-state index contributed by atoms with van der Waals surface area (Å²) in [6.45, 7) is 4.35. The Balaban J connectivity index is 2.72. The second kappa shape index (κ2) is 4.06. The van der Waals surface area contributed by atoms with Crippen LogP contribution in [0.25, 0.3) is 0 Å². The summed E-state index contributed by atoms with van der Waals surface area (Å²) in [7, 11) is 3.49. The summed E-state index contributed by atoms with van der Waals surface area (Å²) in [4.78, 5) is 0. The highest BCUT2D eigenvalue weighted by molar-refractivity contribution is 5.11. The summed E-state index contributed by atoms with van der Waals surface area (Å²) in [6, 6.07) is 0. The number of ether oxygens (including phenoxy) is 2. The summed E-state index contributed by atoms with van der Waals surface area (Å²) in [5.74, 6) is 0.560. The first-order chi connectivity index (χ1) is 5.69. The van der Waals surface area contributed by atoms with Gasteiger partial charge in [0.25, 0.3) is 0 Å². The van der Waals surface area contributed by atoms with Crippen molar-refractivity contribution < 1.29 is 9.47 Å². The molecule has 0 aromatic rings. The first kappa shape index (κ1) is 9.75. The van der Waals surface area contributed by atoms with Crippen molar-refractivity contribution >= 4 is 0 Å². The van der Waals surface area contributed by atoms with Gasteiger partial charge >= 0.3 is 0 Å². The molecule has 70 valence electrons. The molecule has 0 amide bonds. The second-order valence-electron chi connectivity index (χ2n) is 3.60. The molecule has 0 heterocycles. The van der Waals surface area contributed by atoms with Crippen molar-refractivity contribution in [3.8, 4) is 0 Å². The van der Waals surface area contributed by atoms with Crippen LogP contribution in [0.2, 0.25) is 0 Å². The summed E-state index contributed by atoms with van der Waals surface area (Å²) < 4.78 is 10.7. The van der Waals surface area contributed by atoms with Gasteiger partial charge in [-0.2, -0.15) is 0 Å². The number of hydrogen-bond acceptors (Lipinski definition) is 2. The van der Waals surface area contributed by atoms with Crippen LogP contribution in [0.5, 0.6) is 0 Å². The molecule has 0 saturated carbocycles. The Labute approximate surface area is 74.6 Å². The molecule has 1 aliphatic rings. The predicted octanol–water partition coefficient (Wildman–Crippen LogP) is 2.00. The lowest BCUT2D eigenvalue weighted by Gasteiger charge is -2.32. The van der Waals surface area contributed by atoms with Crippen LogP contribution in [0.4, 0.5) is 0 Å². The maximum Gasteiger partial charge on any atom is 0.102 e. The van der Waals surface area contributed by atoms with E-state index < -0.39 is 0 Å². The van der Waals surface area contributed by atoms with E-state index in [1.54, 1.807) is 14.2 Å². The third-order valence-corrected chi connectivity index (χ3v) is 2.52. The molecule has 0 bridgehead atoms. The first-order valence-electron chi connectivity index (χ1n) is 4.42. The Bertz CT molecular complexity index is 175. The van der Waals surface area contributed by atoms with Gasteiger partial charge in [-0.05, 0) is 19.3 Å². The highest BCUT2D eigenvalue weighted by Crippen LogP contribution is 2.27. The topological polar surface area (TPSA) is 18.5 Å². The molecule has 1 rings (SSSR count). The SMILES string of the molecule is COC1C=C(C)C[C@@H](C)C1OC. The van der Waals surface area contributed by atoms with Crippen LogP contribution in [0.1, 0.15) is 20.3 Å². The maximum absolute atomic E-state index is 5.39. The minimum absolute atomic E-state index is 0.138. The van der Waals surface area contributed by atoms with Crippen molar-refractivity contribution in [1.82, 2.24) is 0 Å². The van der Waals surface area contributed by atoms with Crippen LogP contribution in [-0.4, -0.2) is 26.4 Å². The molecule has 0 fully saturated rings. The van der Waals surface area contributed by atoms with Crippen molar-refractivity contribution in [2.45, 2.75) is 32.5 Å². The molecule has 3 atom stereocenters. The molecule has 0 saturated heterocycles. The number of rotatable bonds is 2. The van der Waals surface area contributed by atoms with Crippen LogP contribution in [0.15, 0.2) is 11.6 Å². The minimum Gasteiger partial charge on any atom is -0.378 e. The van der Waals surface area contributed by atoms with Gasteiger partial charge in [0.1, 0.15) is 6.10 Å². The zero-order chi connectivity index (χ0) is 9.14. The molecule has 2 nitrogen and oxygen atoms in total. The van der Waals surface area contributed by atoms with Crippen molar-refractivity contribution in [1.29, 1.82) is 0 Å².